The molecular weight excluding hydrogens is 322 g/mol. The van der Waals surface area contributed by atoms with E-state index in [1.165, 1.54) is 5.56 Å². The van der Waals surface area contributed by atoms with Crippen molar-refractivity contribution in [1.82, 2.24) is 5.32 Å². The Morgan fingerprint density at radius 3 is 2.46 bits per heavy atom. The maximum absolute atomic E-state index is 12.7. The third kappa shape index (κ3) is 3.01. The number of benzene rings is 2. The maximum atomic E-state index is 12.7. The molecule has 2 atom stereocenters. The number of amides is 1. The summed E-state index contributed by atoms with van der Waals surface area (Å²) >= 11 is 5.97. The Bertz CT molecular complexity index is 768. The zero-order valence-electron chi connectivity index (χ0n) is 14.4. The highest BCUT2D eigenvalue weighted by Crippen LogP contribution is 2.58. The van der Waals surface area contributed by atoms with Crippen LogP contribution in [0.25, 0.3) is 0 Å². The van der Waals surface area contributed by atoms with E-state index in [1.54, 1.807) is 7.11 Å². The van der Waals surface area contributed by atoms with E-state index in [2.05, 4.69) is 19.2 Å². The first kappa shape index (κ1) is 16.8. The zero-order valence-corrected chi connectivity index (χ0v) is 15.1. The fourth-order valence-electron chi connectivity index (χ4n) is 3.42. The first-order chi connectivity index (χ1) is 11.3. The molecule has 2 aromatic rings. The number of hydrogen-bond acceptors (Lipinski definition) is 2. The predicted molar refractivity (Wildman–Crippen MR) is 97.0 cm³/mol. The van der Waals surface area contributed by atoms with Gasteiger partial charge in [-0.2, -0.15) is 0 Å². The summed E-state index contributed by atoms with van der Waals surface area (Å²) in [5.74, 6) is 0.791. The number of nitrogens with one attached hydrogen (secondary N) is 1. The lowest BCUT2D eigenvalue weighted by Crippen LogP contribution is -2.29. The summed E-state index contributed by atoms with van der Waals surface area (Å²) in [5.41, 5.74) is 2.83. The molecule has 0 radical (unpaired) electrons. The van der Waals surface area contributed by atoms with Crippen molar-refractivity contribution in [3.63, 3.8) is 0 Å². The van der Waals surface area contributed by atoms with Crippen molar-refractivity contribution in [2.75, 3.05) is 7.11 Å². The Kier molecular flexibility index (Phi) is 4.31. The summed E-state index contributed by atoms with van der Waals surface area (Å²) in [6.07, 6.45) is 0. The molecule has 1 fully saturated rings. The summed E-state index contributed by atoms with van der Waals surface area (Å²) < 4.78 is 5.32. The standard InChI is InChI=1S/C20H22ClNO2/c1-12-5-10-16(24-4)15(11-12)19(23)22-18-17(20(18,2)3)13-6-8-14(21)9-7-13/h5-11,17-18H,1-4H3,(H,22,23)/t17-,18?/m0/s1. The van der Waals surface area contributed by atoms with E-state index in [0.717, 1.165) is 10.6 Å². The molecule has 1 saturated carbocycles. The minimum absolute atomic E-state index is 0.0144. The Morgan fingerprint density at radius 2 is 1.83 bits per heavy atom. The molecule has 24 heavy (non-hydrogen) atoms. The first-order valence-electron chi connectivity index (χ1n) is 8.05. The normalized spacial score (nSPS) is 21.2. The molecule has 0 aliphatic heterocycles. The first-order valence-corrected chi connectivity index (χ1v) is 8.43. The van der Waals surface area contributed by atoms with Gasteiger partial charge in [-0.05, 0) is 42.2 Å². The van der Waals surface area contributed by atoms with E-state index in [1.807, 2.05) is 49.4 Å². The predicted octanol–water partition coefficient (Wildman–Crippen LogP) is 4.58. The minimum Gasteiger partial charge on any atom is -0.496 e. The van der Waals surface area contributed by atoms with Crippen molar-refractivity contribution in [3.05, 3.63) is 64.2 Å². The Labute approximate surface area is 148 Å². The molecule has 2 aromatic carbocycles. The lowest BCUT2D eigenvalue weighted by Gasteiger charge is -2.11. The van der Waals surface area contributed by atoms with Gasteiger partial charge in [-0.3, -0.25) is 4.79 Å². The van der Waals surface area contributed by atoms with Gasteiger partial charge in [0, 0.05) is 17.0 Å². The summed E-state index contributed by atoms with van der Waals surface area (Å²) in [5, 5.41) is 3.90. The maximum Gasteiger partial charge on any atom is 0.255 e. The van der Waals surface area contributed by atoms with Crippen LogP contribution in [0, 0.1) is 12.3 Å². The van der Waals surface area contributed by atoms with Crippen molar-refractivity contribution in [2.45, 2.75) is 32.7 Å². The molecule has 0 saturated heterocycles. The van der Waals surface area contributed by atoms with Gasteiger partial charge in [0.15, 0.2) is 0 Å². The number of rotatable bonds is 4. The van der Waals surface area contributed by atoms with Crippen LogP contribution in [0.2, 0.25) is 5.02 Å². The number of halogens is 1. The summed E-state index contributed by atoms with van der Waals surface area (Å²) in [7, 11) is 1.58. The highest BCUT2D eigenvalue weighted by molar-refractivity contribution is 6.30. The van der Waals surface area contributed by atoms with Crippen molar-refractivity contribution in [3.8, 4) is 5.75 Å². The smallest absolute Gasteiger partial charge is 0.255 e. The van der Waals surface area contributed by atoms with E-state index in [-0.39, 0.29) is 23.3 Å². The molecule has 0 aromatic heterocycles. The molecule has 126 valence electrons. The van der Waals surface area contributed by atoms with E-state index >= 15 is 0 Å². The van der Waals surface area contributed by atoms with Gasteiger partial charge >= 0.3 is 0 Å². The molecule has 0 bridgehead atoms. The van der Waals surface area contributed by atoms with Gasteiger partial charge in [-0.1, -0.05) is 49.2 Å². The molecule has 1 unspecified atom stereocenters. The molecule has 0 heterocycles. The number of carbonyl (C=O) groups is 1. The van der Waals surface area contributed by atoms with Crippen LogP contribution in [0.15, 0.2) is 42.5 Å². The fraction of sp³-hybridized carbons (Fsp3) is 0.350. The van der Waals surface area contributed by atoms with Crippen LogP contribution in [0.3, 0.4) is 0 Å². The molecule has 1 N–H and O–H groups in total. The molecular formula is C20H22ClNO2. The summed E-state index contributed by atoms with van der Waals surface area (Å²) in [6.45, 7) is 6.31. The second-order valence-corrected chi connectivity index (χ2v) is 7.44. The van der Waals surface area contributed by atoms with Crippen molar-refractivity contribution in [1.29, 1.82) is 0 Å². The number of ether oxygens (including phenoxy) is 1. The monoisotopic (exact) mass is 343 g/mol. The average molecular weight is 344 g/mol. The van der Waals surface area contributed by atoms with E-state index < -0.39 is 0 Å². The van der Waals surface area contributed by atoms with Gasteiger partial charge < -0.3 is 10.1 Å². The van der Waals surface area contributed by atoms with Crippen LogP contribution in [-0.4, -0.2) is 19.1 Å². The zero-order chi connectivity index (χ0) is 17.5. The molecule has 1 aliphatic carbocycles. The third-order valence-corrected chi connectivity index (χ3v) is 5.19. The van der Waals surface area contributed by atoms with Gasteiger partial charge in [-0.15, -0.1) is 0 Å². The lowest BCUT2D eigenvalue weighted by atomic mass is 10.0. The molecule has 4 heteroatoms. The van der Waals surface area contributed by atoms with Crippen LogP contribution in [0.1, 0.15) is 41.3 Å². The highest BCUT2D eigenvalue weighted by Gasteiger charge is 2.59. The Hall–Kier alpha value is -2.00. The van der Waals surface area contributed by atoms with Crippen molar-refractivity contribution >= 4 is 17.5 Å². The minimum atomic E-state index is -0.0925. The van der Waals surface area contributed by atoms with Crippen LogP contribution in [-0.2, 0) is 0 Å². The van der Waals surface area contributed by atoms with Crippen LogP contribution in [0.5, 0.6) is 5.75 Å². The largest absolute Gasteiger partial charge is 0.496 e. The molecule has 0 spiro atoms. The van der Waals surface area contributed by atoms with Crippen molar-refractivity contribution in [2.24, 2.45) is 5.41 Å². The Morgan fingerprint density at radius 1 is 1.17 bits per heavy atom. The Balaban J connectivity index is 1.80. The van der Waals surface area contributed by atoms with E-state index in [9.17, 15) is 4.79 Å². The number of aryl methyl sites for hydroxylation is 1. The second-order valence-electron chi connectivity index (χ2n) is 7.01. The van der Waals surface area contributed by atoms with E-state index in [4.69, 9.17) is 16.3 Å². The SMILES string of the molecule is COc1ccc(C)cc1C(=O)NC1[C@H](c2ccc(Cl)cc2)C1(C)C. The second kappa shape index (κ2) is 6.14. The third-order valence-electron chi connectivity index (χ3n) is 4.94. The van der Waals surface area contributed by atoms with Gasteiger partial charge in [-0.25, -0.2) is 0 Å². The molecule has 1 aliphatic rings. The molecule has 3 rings (SSSR count). The summed E-state index contributed by atoms with van der Waals surface area (Å²) in [6, 6.07) is 13.6. The van der Waals surface area contributed by atoms with Gasteiger partial charge in [0.25, 0.3) is 5.91 Å². The van der Waals surface area contributed by atoms with Gasteiger partial charge in [0.1, 0.15) is 5.75 Å². The summed E-state index contributed by atoms with van der Waals surface area (Å²) in [4.78, 5) is 12.7. The number of hydrogen-bond donors (Lipinski definition) is 1. The quantitative estimate of drug-likeness (QED) is 0.882. The topological polar surface area (TPSA) is 38.3 Å². The van der Waals surface area contributed by atoms with Crippen LogP contribution in [0.4, 0.5) is 0 Å². The molecule has 3 nitrogen and oxygen atoms in total. The average Bonchev–Trinajstić information content (AvgIpc) is 3.08. The number of methoxy groups -OCH3 is 1. The van der Waals surface area contributed by atoms with Crippen LogP contribution >= 0.6 is 11.6 Å². The van der Waals surface area contributed by atoms with E-state index in [0.29, 0.717) is 11.3 Å². The lowest BCUT2D eigenvalue weighted by molar-refractivity contribution is 0.0943. The van der Waals surface area contributed by atoms with Crippen LogP contribution < -0.4 is 10.1 Å². The molecule has 1 amide bonds. The van der Waals surface area contributed by atoms with Gasteiger partial charge in [0.05, 0.1) is 12.7 Å². The van der Waals surface area contributed by atoms with Gasteiger partial charge in [0.2, 0.25) is 0 Å². The number of carbonyl (C=O) groups excluding carboxylic acids is 1. The highest BCUT2D eigenvalue weighted by atomic mass is 35.5. The fourth-order valence-corrected chi connectivity index (χ4v) is 3.54. The van der Waals surface area contributed by atoms with Crippen molar-refractivity contribution < 1.29 is 9.53 Å².